The minimum Gasteiger partial charge on any atom is -0.446 e. The third-order valence-electron chi connectivity index (χ3n) is 2.52. The van der Waals surface area contributed by atoms with E-state index in [0.29, 0.717) is 18.2 Å². The van der Waals surface area contributed by atoms with Crippen molar-refractivity contribution >= 4 is 26.5 Å². The molecule has 2 aromatic rings. The van der Waals surface area contributed by atoms with Gasteiger partial charge in [-0.25, -0.2) is 0 Å². The van der Waals surface area contributed by atoms with Crippen LogP contribution in [-0.4, -0.2) is 25.7 Å². The average Bonchev–Trinajstić information content (AvgIpc) is 2.98. The monoisotopic (exact) mass is 330 g/mol. The number of nitrogens with one attached hydrogen (secondary N) is 2. The Hall–Kier alpha value is -1.45. The molecule has 0 saturated carbocycles. The van der Waals surface area contributed by atoms with E-state index in [-0.39, 0.29) is 10.2 Å². The second kappa shape index (κ2) is 6.54. The summed E-state index contributed by atoms with van der Waals surface area (Å²) in [5.74, 6) is 0.993. The van der Waals surface area contributed by atoms with Crippen LogP contribution in [-0.2, 0) is 23.0 Å². The van der Waals surface area contributed by atoms with Crippen LogP contribution in [0.3, 0.4) is 0 Å². The molecule has 0 spiro atoms. The van der Waals surface area contributed by atoms with Crippen LogP contribution in [0.5, 0.6) is 0 Å². The first-order valence-corrected chi connectivity index (χ1v) is 8.79. The van der Waals surface area contributed by atoms with Gasteiger partial charge in [-0.2, -0.15) is 8.42 Å². The van der Waals surface area contributed by atoms with Gasteiger partial charge < -0.3 is 9.73 Å². The molecule has 0 fully saturated rings. The Morgan fingerprint density at radius 1 is 1.33 bits per heavy atom. The molecule has 0 saturated heterocycles. The van der Waals surface area contributed by atoms with E-state index in [1.807, 2.05) is 0 Å². The average molecular weight is 330 g/mol. The van der Waals surface area contributed by atoms with Crippen molar-refractivity contribution in [2.45, 2.75) is 31.9 Å². The van der Waals surface area contributed by atoms with E-state index in [4.69, 9.17) is 4.42 Å². The molecule has 2 rings (SSSR count). The molecule has 9 heteroatoms. The van der Waals surface area contributed by atoms with Gasteiger partial charge in [0.2, 0.25) is 10.2 Å². The lowest BCUT2D eigenvalue weighted by molar-refractivity contribution is 0.408. The summed E-state index contributed by atoms with van der Waals surface area (Å²) in [5, 5.41) is 11.6. The Balaban J connectivity index is 2.11. The second-order valence-corrected chi connectivity index (χ2v) is 7.63. The molecule has 2 aromatic heterocycles. The van der Waals surface area contributed by atoms with Gasteiger partial charge in [-0.15, -0.1) is 10.2 Å². The third-order valence-corrected chi connectivity index (χ3v) is 4.73. The predicted octanol–water partition coefficient (Wildman–Crippen LogP) is 1.85. The van der Waals surface area contributed by atoms with Crippen LogP contribution in [0.1, 0.15) is 24.6 Å². The first-order valence-electron chi connectivity index (χ1n) is 6.49. The van der Waals surface area contributed by atoms with E-state index in [0.717, 1.165) is 11.4 Å². The molecule has 0 amide bonds. The summed E-state index contributed by atoms with van der Waals surface area (Å²) in [7, 11) is -2.01. The van der Waals surface area contributed by atoms with Gasteiger partial charge in [-0.1, -0.05) is 25.2 Å². The molecule has 116 valence electrons. The largest absolute Gasteiger partial charge is 0.446 e. The molecule has 7 nitrogen and oxygen atoms in total. The highest BCUT2D eigenvalue weighted by Gasteiger charge is 2.21. The molecule has 0 aliphatic heterocycles. The summed E-state index contributed by atoms with van der Waals surface area (Å²) in [6.45, 7) is 4.60. The van der Waals surface area contributed by atoms with Gasteiger partial charge in [0.05, 0.1) is 6.54 Å². The predicted molar refractivity (Wildman–Crippen MR) is 80.7 cm³/mol. The van der Waals surface area contributed by atoms with Crippen LogP contribution >= 0.6 is 11.3 Å². The maximum absolute atomic E-state index is 12.2. The molecule has 0 aromatic carbocycles. The van der Waals surface area contributed by atoms with Crippen molar-refractivity contribution in [2.24, 2.45) is 5.92 Å². The summed E-state index contributed by atoms with van der Waals surface area (Å²) in [5.41, 5.74) is 0. The first-order chi connectivity index (χ1) is 9.90. The molecule has 0 aliphatic rings. The topological polar surface area (TPSA) is 97.1 Å². The van der Waals surface area contributed by atoms with Crippen LogP contribution in [0.4, 0.5) is 5.13 Å². The van der Waals surface area contributed by atoms with Crippen molar-refractivity contribution < 1.29 is 12.8 Å². The van der Waals surface area contributed by atoms with Crippen molar-refractivity contribution in [3.8, 4) is 0 Å². The number of sulfonamides is 1. The van der Waals surface area contributed by atoms with Crippen molar-refractivity contribution in [3.63, 3.8) is 0 Å². The molecule has 0 radical (unpaired) electrons. The molecular weight excluding hydrogens is 312 g/mol. The zero-order valence-electron chi connectivity index (χ0n) is 12.1. The highest BCUT2D eigenvalue weighted by molar-refractivity contribution is 7.92. The fourth-order valence-electron chi connectivity index (χ4n) is 1.66. The SMILES string of the molecule is CNCc1ccc(S(=O)(=O)Nc2nnc(CC(C)C)s2)o1. The highest BCUT2D eigenvalue weighted by Crippen LogP contribution is 2.22. The summed E-state index contributed by atoms with van der Waals surface area (Å²) in [6, 6.07) is 3.04. The van der Waals surface area contributed by atoms with Gasteiger partial charge in [0.1, 0.15) is 10.8 Å². The van der Waals surface area contributed by atoms with Gasteiger partial charge >= 0.3 is 0 Å². The number of nitrogens with zero attached hydrogens (tertiary/aromatic N) is 2. The van der Waals surface area contributed by atoms with Crippen LogP contribution in [0.2, 0.25) is 0 Å². The summed E-state index contributed by atoms with van der Waals surface area (Å²) >= 11 is 1.23. The molecule has 2 heterocycles. The van der Waals surface area contributed by atoms with E-state index in [1.54, 1.807) is 13.1 Å². The van der Waals surface area contributed by atoms with Gasteiger partial charge in [0, 0.05) is 6.42 Å². The summed E-state index contributed by atoms with van der Waals surface area (Å²) < 4.78 is 32.0. The van der Waals surface area contributed by atoms with E-state index in [9.17, 15) is 8.42 Å². The van der Waals surface area contributed by atoms with Crippen molar-refractivity contribution in [1.29, 1.82) is 0 Å². The normalized spacial score (nSPS) is 12.0. The standard InChI is InChI=1S/C12H18N4O3S2/c1-8(2)6-10-14-15-12(20-10)16-21(17,18)11-5-4-9(19-11)7-13-3/h4-5,8,13H,6-7H2,1-3H3,(H,15,16). The Labute approximate surface area is 127 Å². The smallest absolute Gasteiger partial charge is 0.297 e. The van der Waals surface area contributed by atoms with Gasteiger partial charge in [0.25, 0.3) is 10.0 Å². The summed E-state index contributed by atoms with van der Waals surface area (Å²) in [4.78, 5) is 0. The van der Waals surface area contributed by atoms with Crippen molar-refractivity contribution in [1.82, 2.24) is 15.5 Å². The van der Waals surface area contributed by atoms with Crippen LogP contribution in [0, 0.1) is 5.92 Å². The van der Waals surface area contributed by atoms with Crippen LogP contribution < -0.4 is 10.0 Å². The lowest BCUT2D eigenvalue weighted by Gasteiger charge is -2.01. The molecule has 0 bridgehead atoms. The molecule has 0 atom stereocenters. The highest BCUT2D eigenvalue weighted by atomic mass is 32.2. The maximum atomic E-state index is 12.2. The second-order valence-electron chi connectivity index (χ2n) is 4.96. The van der Waals surface area contributed by atoms with E-state index >= 15 is 0 Å². The number of aromatic nitrogens is 2. The quantitative estimate of drug-likeness (QED) is 0.804. The lowest BCUT2D eigenvalue weighted by atomic mass is 10.1. The number of hydrogen-bond donors (Lipinski definition) is 2. The number of anilines is 1. The first kappa shape index (κ1) is 15.9. The number of rotatable bonds is 7. The molecule has 0 unspecified atom stereocenters. The lowest BCUT2D eigenvalue weighted by Crippen LogP contribution is -2.12. The Kier molecular flexibility index (Phi) is 4.96. The van der Waals surface area contributed by atoms with Crippen LogP contribution in [0.15, 0.2) is 21.6 Å². The van der Waals surface area contributed by atoms with Crippen molar-refractivity contribution in [3.05, 3.63) is 22.9 Å². The van der Waals surface area contributed by atoms with Gasteiger partial charge in [0.15, 0.2) is 0 Å². The third kappa shape index (κ3) is 4.26. The zero-order chi connectivity index (χ0) is 15.5. The Morgan fingerprint density at radius 2 is 2.10 bits per heavy atom. The molecule has 2 N–H and O–H groups in total. The fourth-order valence-corrected chi connectivity index (χ4v) is 3.80. The number of furan rings is 1. The van der Waals surface area contributed by atoms with E-state index < -0.39 is 10.0 Å². The fraction of sp³-hybridized carbons (Fsp3) is 0.500. The van der Waals surface area contributed by atoms with Gasteiger partial charge in [-0.3, -0.25) is 4.72 Å². The zero-order valence-corrected chi connectivity index (χ0v) is 13.7. The van der Waals surface area contributed by atoms with E-state index in [2.05, 4.69) is 34.1 Å². The molecular formula is C12H18N4O3S2. The Morgan fingerprint density at radius 3 is 2.76 bits per heavy atom. The minimum atomic E-state index is -3.76. The van der Waals surface area contributed by atoms with E-state index in [1.165, 1.54) is 17.4 Å². The minimum absolute atomic E-state index is 0.131. The Bertz CT molecular complexity index is 691. The van der Waals surface area contributed by atoms with Crippen molar-refractivity contribution in [2.75, 3.05) is 11.8 Å². The molecule has 21 heavy (non-hydrogen) atoms. The number of hydrogen-bond acceptors (Lipinski definition) is 7. The molecule has 0 aliphatic carbocycles. The summed E-state index contributed by atoms with van der Waals surface area (Å²) in [6.07, 6.45) is 0.770. The maximum Gasteiger partial charge on any atom is 0.297 e. The van der Waals surface area contributed by atoms with Gasteiger partial charge in [-0.05, 0) is 25.1 Å². The van der Waals surface area contributed by atoms with Crippen LogP contribution in [0.25, 0.3) is 0 Å².